The van der Waals surface area contributed by atoms with E-state index >= 15 is 0 Å². The topological polar surface area (TPSA) is 66.8 Å². The average molecular weight is 271 g/mol. The second kappa shape index (κ2) is 6.89. The van der Waals surface area contributed by atoms with E-state index in [9.17, 15) is 14.7 Å². The fourth-order valence-electron chi connectivity index (χ4n) is 2.67. The van der Waals surface area contributed by atoms with Crippen molar-refractivity contribution in [2.24, 2.45) is 11.3 Å². The number of nitrogens with zero attached hydrogens (tertiary/aromatic N) is 1. The highest BCUT2D eigenvalue weighted by molar-refractivity contribution is 5.78. The Kier molecular flexibility index (Phi) is 5.79. The molecule has 1 unspecified atom stereocenters. The molecule has 5 nitrogen and oxygen atoms in total. The fourth-order valence-corrected chi connectivity index (χ4v) is 2.67. The van der Waals surface area contributed by atoms with Crippen LogP contribution in [0, 0.1) is 11.3 Å². The third kappa shape index (κ3) is 3.93. The molecule has 1 fully saturated rings. The lowest BCUT2D eigenvalue weighted by atomic mass is 9.76. The molecule has 0 bridgehead atoms. The van der Waals surface area contributed by atoms with Gasteiger partial charge in [-0.2, -0.15) is 0 Å². The first kappa shape index (κ1) is 16.0. The third-order valence-electron chi connectivity index (χ3n) is 4.18. The van der Waals surface area contributed by atoms with E-state index in [1.54, 1.807) is 12.0 Å². The van der Waals surface area contributed by atoms with Crippen LogP contribution in [0.15, 0.2) is 0 Å². The molecule has 1 saturated heterocycles. The second-order valence-corrected chi connectivity index (χ2v) is 5.58. The van der Waals surface area contributed by atoms with Crippen LogP contribution >= 0.6 is 0 Å². The summed E-state index contributed by atoms with van der Waals surface area (Å²) < 4.78 is 5.03. The number of piperidine rings is 1. The van der Waals surface area contributed by atoms with Gasteiger partial charge in [-0.15, -0.1) is 0 Å². The number of carboxylic acids is 1. The fraction of sp³-hybridized carbons (Fsp3) is 0.857. The average Bonchev–Trinajstić information content (AvgIpc) is 2.38. The van der Waals surface area contributed by atoms with Gasteiger partial charge in [0, 0.05) is 33.2 Å². The van der Waals surface area contributed by atoms with Gasteiger partial charge in [-0.1, -0.05) is 13.8 Å². The predicted octanol–water partition coefficient (Wildman–Crippen LogP) is 1.76. The van der Waals surface area contributed by atoms with Crippen LogP contribution in [-0.2, 0) is 14.3 Å². The van der Waals surface area contributed by atoms with Crippen molar-refractivity contribution >= 4 is 11.9 Å². The zero-order chi connectivity index (χ0) is 14.5. The Bertz CT molecular complexity index is 321. The molecule has 1 rings (SSSR count). The van der Waals surface area contributed by atoms with Crippen LogP contribution in [0.2, 0.25) is 0 Å². The van der Waals surface area contributed by atoms with Crippen LogP contribution in [0.1, 0.15) is 39.5 Å². The molecule has 0 radical (unpaired) electrons. The van der Waals surface area contributed by atoms with E-state index in [-0.39, 0.29) is 11.8 Å². The van der Waals surface area contributed by atoms with Gasteiger partial charge in [0.1, 0.15) is 0 Å². The molecule has 1 heterocycles. The molecule has 0 saturated carbocycles. The summed E-state index contributed by atoms with van der Waals surface area (Å²) >= 11 is 0. The number of carbonyl (C=O) groups excluding carboxylic acids is 1. The molecule has 1 atom stereocenters. The quantitative estimate of drug-likeness (QED) is 0.799. The van der Waals surface area contributed by atoms with E-state index in [1.807, 2.05) is 13.8 Å². The third-order valence-corrected chi connectivity index (χ3v) is 4.18. The Morgan fingerprint density at radius 3 is 2.37 bits per heavy atom. The van der Waals surface area contributed by atoms with Gasteiger partial charge < -0.3 is 14.7 Å². The van der Waals surface area contributed by atoms with Gasteiger partial charge in [-0.25, -0.2) is 0 Å². The molecular formula is C14H25NO4. The van der Waals surface area contributed by atoms with E-state index in [0.717, 1.165) is 0 Å². The summed E-state index contributed by atoms with van der Waals surface area (Å²) in [6.45, 7) is 5.58. The van der Waals surface area contributed by atoms with E-state index in [4.69, 9.17) is 4.74 Å². The molecule has 0 aromatic heterocycles. The molecular weight excluding hydrogens is 246 g/mol. The standard InChI is InChI=1S/C14H25NO4/c1-4-14(13(17)18)5-7-15(8-6-14)12(16)9-11(2)10-19-3/h11H,4-10H2,1-3H3,(H,17,18). The number of hydrogen-bond acceptors (Lipinski definition) is 3. The van der Waals surface area contributed by atoms with Gasteiger partial charge in [0.05, 0.1) is 5.41 Å². The second-order valence-electron chi connectivity index (χ2n) is 5.58. The van der Waals surface area contributed by atoms with Crippen LogP contribution in [0.5, 0.6) is 0 Å². The van der Waals surface area contributed by atoms with Crippen molar-refractivity contribution < 1.29 is 19.4 Å². The molecule has 1 aliphatic rings. The molecule has 1 amide bonds. The van der Waals surface area contributed by atoms with E-state index in [0.29, 0.717) is 45.4 Å². The van der Waals surface area contributed by atoms with Gasteiger partial charge >= 0.3 is 5.97 Å². The van der Waals surface area contributed by atoms with Crippen molar-refractivity contribution in [2.75, 3.05) is 26.8 Å². The Morgan fingerprint density at radius 1 is 1.37 bits per heavy atom. The van der Waals surface area contributed by atoms with Gasteiger partial charge in [0.15, 0.2) is 0 Å². The number of ether oxygens (including phenoxy) is 1. The summed E-state index contributed by atoms with van der Waals surface area (Å²) in [5.74, 6) is -0.413. The minimum Gasteiger partial charge on any atom is -0.481 e. The molecule has 0 aromatic rings. The highest BCUT2D eigenvalue weighted by Gasteiger charge is 2.40. The molecule has 110 valence electrons. The van der Waals surface area contributed by atoms with Gasteiger partial charge in [0.25, 0.3) is 0 Å². The molecule has 0 aliphatic carbocycles. The number of hydrogen-bond donors (Lipinski definition) is 1. The first-order chi connectivity index (χ1) is 8.95. The lowest BCUT2D eigenvalue weighted by molar-refractivity contribution is -0.154. The lowest BCUT2D eigenvalue weighted by Crippen LogP contribution is -2.46. The van der Waals surface area contributed by atoms with Crippen LogP contribution in [0.4, 0.5) is 0 Å². The predicted molar refractivity (Wildman–Crippen MR) is 71.8 cm³/mol. The normalized spacial score (nSPS) is 20.1. The Labute approximate surface area is 114 Å². The Hall–Kier alpha value is -1.10. The number of aliphatic carboxylic acids is 1. The maximum atomic E-state index is 12.1. The largest absolute Gasteiger partial charge is 0.481 e. The van der Waals surface area contributed by atoms with Crippen molar-refractivity contribution in [2.45, 2.75) is 39.5 Å². The summed E-state index contributed by atoms with van der Waals surface area (Å²) in [6, 6.07) is 0. The number of carboxylic acid groups (broad SMARTS) is 1. The minimum absolute atomic E-state index is 0.111. The minimum atomic E-state index is -0.727. The SMILES string of the molecule is CCC1(C(=O)O)CCN(C(=O)CC(C)COC)CC1. The van der Waals surface area contributed by atoms with Crippen molar-refractivity contribution in [1.82, 2.24) is 4.90 Å². The van der Waals surface area contributed by atoms with Crippen molar-refractivity contribution in [3.8, 4) is 0 Å². The van der Waals surface area contributed by atoms with E-state index in [1.165, 1.54) is 0 Å². The highest BCUT2D eigenvalue weighted by Crippen LogP contribution is 2.35. The zero-order valence-corrected chi connectivity index (χ0v) is 12.1. The molecule has 1 N–H and O–H groups in total. The maximum Gasteiger partial charge on any atom is 0.309 e. The number of amides is 1. The van der Waals surface area contributed by atoms with Crippen molar-refractivity contribution in [3.05, 3.63) is 0 Å². The Morgan fingerprint density at radius 2 is 1.95 bits per heavy atom. The van der Waals surface area contributed by atoms with Crippen LogP contribution in [0.3, 0.4) is 0 Å². The first-order valence-electron chi connectivity index (χ1n) is 6.95. The number of methoxy groups -OCH3 is 1. The summed E-state index contributed by atoms with van der Waals surface area (Å²) in [5, 5.41) is 9.31. The van der Waals surface area contributed by atoms with Gasteiger partial charge in [-0.3, -0.25) is 9.59 Å². The summed E-state index contributed by atoms with van der Waals surface area (Å²) in [5.41, 5.74) is -0.630. The van der Waals surface area contributed by atoms with Crippen molar-refractivity contribution in [3.63, 3.8) is 0 Å². The Balaban J connectivity index is 2.49. The maximum absolute atomic E-state index is 12.1. The van der Waals surface area contributed by atoms with Gasteiger partial charge in [-0.05, 0) is 25.2 Å². The molecule has 5 heteroatoms. The van der Waals surface area contributed by atoms with Gasteiger partial charge in [0.2, 0.25) is 5.91 Å². The summed E-state index contributed by atoms with van der Waals surface area (Å²) in [4.78, 5) is 25.2. The number of carbonyl (C=O) groups is 2. The number of rotatable bonds is 6. The molecule has 0 spiro atoms. The van der Waals surface area contributed by atoms with Crippen LogP contribution < -0.4 is 0 Å². The van der Waals surface area contributed by atoms with E-state index in [2.05, 4.69) is 0 Å². The lowest BCUT2D eigenvalue weighted by Gasteiger charge is -2.38. The number of likely N-dealkylation sites (tertiary alicyclic amines) is 1. The monoisotopic (exact) mass is 271 g/mol. The van der Waals surface area contributed by atoms with Crippen LogP contribution in [-0.4, -0.2) is 48.7 Å². The van der Waals surface area contributed by atoms with Crippen molar-refractivity contribution in [1.29, 1.82) is 0 Å². The summed E-state index contributed by atoms with van der Waals surface area (Å²) in [6.07, 6.45) is 2.22. The van der Waals surface area contributed by atoms with Crippen LogP contribution in [0.25, 0.3) is 0 Å². The highest BCUT2D eigenvalue weighted by atomic mass is 16.5. The first-order valence-corrected chi connectivity index (χ1v) is 6.95. The smallest absolute Gasteiger partial charge is 0.309 e. The summed E-state index contributed by atoms with van der Waals surface area (Å²) in [7, 11) is 1.63. The van der Waals surface area contributed by atoms with E-state index < -0.39 is 11.4 Å². The molecule has 19 heavy (non-hydrogen) atoms. The molecule has 0 aromatic carbocycles. The zero-order valence-electron chi connectivity index (χ0n) is 12.1. The molecule has 1 aliphatic heterocycles.